The molecular formula is C14H20N2. The number of likely N-dealkylation sites (N-methyl/N-ethyl adjacent to an activating group) is 1. The van der Waals surface area contributed by atoms with Crippen LogP contribution in [-0.4, -0.2) is 18.1 Å². The molecule has 0 aliphatic heterocycles. The number of aromatic nitrogens is 1. The topological polar surface area (TPSA) is 24.9 Å². The SMILES string of the molecule is CNC(Cc1ccncc1)C1C2CCCC21. The first-order chi connectivity index (χ1) is 7.90. The number of pyridine rings is 1. The van der Waals surface area contributed by atoms with Gasteiger partial charge in [-0.05, 0) is 61.8 Å². The first kappa shape index (κ1) is 10.3. The van der Waals surface area contributed by atoms with Gasteiger partial charge in [0.2, 0.25) is 0 Å². The maximum atomic E-state index is 4.08. The molecule has 2 aliphatic rings. The lowest BCUT2D eigenvalue weighted by Crippen LogP contribution is -2.31. The molecule has 3 rings (SSSR count). The summed E-state index contributed by atoms with van der Waals surface area (Å²) in [5.41, 5.74) is 1.42. The zero-order chi connectivity index (χ0) is 11.0. The molecule has 1 N–H and O–H groups in total. The molecule has 2 saturated carbocycles. The van der Waals surface area contributed by atoms with Gasteiger partial charge in [-0.2, -0.15) is 0 Å². The van der Waals surface area contributed by atoms with E-state index >= 15 is 0 Å². The Morgan fingerprint density at radius 1 is 1.31 bits per heavy atom. The molecule has 2 aliphatic carbocycles. The van der Waals surface area contributed by atoms with Gasteiger partial charge in [0.25, 0.3) is 0 Å². The molecule has 86 valence electrons. The van der Waals surface area contributed by atoms with Crippen molar-refractivity contribution in [1.29, 1.82) is 0 Å². The van der Waals surface area contributed by atoms with E-state index in [4.69, 9.17) is 0 Å². The minimum atomic E-state index is 0.678. The van der Waals surface area contributed by atoms with Crippen LogP contribution in [0, 0.1) is 17.8 Å². The average Bonchev–Trinajstić information content (AvgIpc) is 2.81. The van der Waals surface area contributed by atoms with E-state index in [1.807, 2.05) is 12.4 Å². The molecule has 1 aromatic rings. The van der Waals surface area contributed by atoms with Crippen LogP contribution in [0.4, 0.5) is 0 Å². The molecule has 1 aromatic heterocycles. The van der Waals surface area contributed by atoms with Crippen LogP contribution >= 0.6 is 0 Å². The summed E-state index contributed by atoms with van der Waals surface area (Å²) in [6, 6.07) is 4.96. The van der Waals surface area contributed by atoms with Gasteiger partial charge in [0.05, 0.1) is 0 Å². The van der Waals surface area contributed by atoms with Crippen LogP contribution in [-0.2, 0) is 6.42 Å². The molecule has 2 fully saturated rings. The van der Waals surface area contributed by atoms with Gasteiger partial charge in [-0.15, -0.1) is 0 Å². The van der Waals surface area contributed by atoms with E-state index in [0.29, 0.717) is 6.04 Å². The van der Waals surface area contributed by atoms with E-state index in [1.54, 1.807) is 0 Å². The molecular weight excluding hydrogens is 196 g/mol. The van der Waals surface area contributed by atoms with Crippen LogP contribution in [0.2, 0.25) is 0 Å². The van der Waals surface area contributed by atoms with Gasteiger partial charge < -0.3 is 5.32 Å². The van der Waals surface area contributed by atoms with Crippen molar-refractivity contribution in [3.05, 3.63) is 30.1 Å². The summed E-state index contributed by atoms with van der Waals surface area (Å²) in [5.74, 6) is 3.03. The highest BCUT2D eigenvalue weighted by Gasteiger charge is 2.55. The van der Waals surface area contributed by atoms with Crippen LogP contribution in [0.5, 0.6) is 0 Å². The number of nitrogens with one attached hydrogen (secondary N) is 1. The maximum absolute atomic E-state index is 4.08. The van der Waals surface area contributed by atoms with Gasteiger partial charge >= 0.3 is 0 Å². The molecule has 16 heavy (non-hydrogen) atoms. The van der Waals surface area contributed by atoms with Crippen LogP contribution in [0.3, 0.4) is 0 Å². The number of nitrogens with zero attached hydrogens (tertiary/aromatic N) is 1. The third kappa shape index (κ3) is 1.75. The van der Waals surface area contributed by atoms with E-state index in [0.717, 1.165) is 24.2 Å². The lowest BCUT2D eigenvalue weighted by molar-refractivity contribution is 0.428. The maximum Gasteiger partial charge on any atom is 0.0270 e. The third-order valence-electron chi connectivity index (χ3n) is 4.51. The lowest BCUT2D eigenvalue weighted by atomic mass is 9.98. The predicted molar refractivity (Wildman–Crippen MR) is 65.1 cm³/mol. The summed E-state index contributed by atoms with van der Waals surface area (Å²) in [6.07, 6.45) is 9.38. The normalized spacial score (nSPS) is 33.4. The van der Waals surface area contributed by atoms with Crippen molar-refractivity contribution in [2.75, 3.05) is 7.05 Å². The van der Waals surface area contributed by atoms with Gasteiger partial charge in [0.15, 0.2) is 0 Å². The van der Waals surface area contributed by atoms with Crippen LogP contribution in [0.25, 0.3) is 0 Å². The fraction of sp³-hybridized carbons (Fsp3) is 0.643. The monoisotopic (exact) mass is 216 g/mol. The summed E-state index contributed by atoms with van der Waals surface area (Å²) >= 11 is 0. The summed E-state index contributed by atoms with van der Waals surface area (Å²) in [4.78, 5) is 4.08. The quantitative estimate of drug-likeness (QED) is 0.835. The Balaban J connectivity index is 1.64. The van der Waals surface area contributed by atoms with E-state index < -0.39 is 0 Å². The second-order valence-electron chi connectivity index (χ2n) is 5.29. The standard InChI is InChI=1S/C14H20N2/c1-15-13(9-10-5-7-16-8-6-10)14-11-3-2-4-12(11)14/h5-8,11-15H,2-4,9H2,1H3. The van der Waals surface area contributed by atoms with E-state index in [9.17, 15) is 0 Å². The molecule has 0 saturated heterocycles. The van der Waals surface area contributed by atoms with Gasteiger partial charge in [-0.1, -0.05) is 6.42 Å². The van der Waals surface area contributed by atoms with Crippen molar-refractivity contribution in [1.82, 2.24) is 10.3 Å². The molecule has 3 unspecified atom stereocenters. The summed E-state index contributed by atoms with van der Waals surface area (Å²) in [7, 11) is 2.11. The van der Waals surface area contributed by atoms with Gasteiger partial charge in [-0.25, -0.2) is 0 Å². The van der Waals surface area contributed by atoms with Crippen LogP contribution in [0.1, 0.15) is 24.8 Å². The molecule has 1 heterocycles. The summed E-state index contributed by atoms with van der Waals surface area (Å²) < 4.78 is 0. The van der Waals surface area contributed by atoms with E-state index in [-0.39, 0.29) is 0 Å². The van der Waals surface area contributed by atoms with Crippen LogP contribution < -0.4 is 5.32 Å². The van der Waals surface area contributed by atoms with Gasteiger partial charge in [-0.3, -0.25) is 4.98 Å². The minimum Gasteiger partial charge on any atom is -0.316 e. The molecule has 0 spiro atoms. The van der Waals surface area contributed by atoms with Crippen molar-refractivity contribution in [2.24, 2.45) is 17.8 Å². The van der Waals surface area contributed by atoms with Crippen LogP contribution in [0.15, 0.2) is 24.5 Å². The second kappa shape index (κ2) is 4.17. The fourth-order valence-electron chi connectivity index (χ4n) is 3.68. The highest BCUT2D eigenvalue weighted by atomic mass is 14.9. The molecule has 0 amide bonds. The molecule has 3 atom stereocenters. The Labute approximate surface area is 97.5 Å². The molecule has 2 heteroatoms. The highest BCUT2D eigenvalue weighted by molar-refractivity contribution is 5.15. The Morgan fingerprint density at radius 3 is 2.62 bits per heavy atom. The number of fused-ring (bicyclic) bond motifs is 1. The van der Waals surface area contributed by atoms with Gasteiger partial charge in [0, 0.05) is 18.4 Å². The largest absolute Gasteiger partial charge is 0.316 e. The van der Waals surface area contributed by atoms with E-state index in [2.05, 4.69) is 29.5 Å². The first-order valence-corrected chi connectivity index (χ1v) is 6.46. The van der Waals surface area contributed by atoms with E-state index in [1.165, 1.54) is 24.8 Å². The molecule has 0 bridgehead atoms. The minimum absolute atomic E-state index is 0.678. The first-order valence-electron chi connectivity index (χ1n) is 6.46. The Kier molecular flexibility index (Phi) is 2.68. The second-order valence-corrected chi connectivity index (χ2v) is 5.29. The van der Waals surface area contributed by atoms with Crippen molar-refractivity contribution >= 4 is 0 Å². The van der Waals surface area contributed by atoms with Crippen molar-refractivity contribution < 1.29 is 0 Å². The predicted octanol–water partition coefficient (Wildman–Crippen LogP) is 2.26. The van der Waals surface area contributed by atoms with Crippen molar-refractivity contribution in [3.63, 3.8) is 0 Å². The Bertz CT molecular complexity index is 339. The van der Waals surface area contributed by atoms with Crippen molar-refractivity contribution in [3.8, 4) is 0 Å². The summed E-state index contributed by atoms with van der Waals surface area (Å²) in [5, 5.41) is 3.52. The summed E-state index contributed by atoms with van der Waals surface area (Å²) in [6.45, 7) is 0. The van der Waals surface area contributed by atoms with Gasteiger partial charge in [0.1, 0.15) is 0 Å². The number of hydrogen-bond acceptors (Lipinski definition) is 2. The van der Waals surface area contributed by atoms with Crippen molar-refractivity contribution in [2.45, 2.75) is 31.7 Å². The fourth-order valence-corrected chi connectivity index (χ4v) is 3.68. The smallest absolute Gasteiger partial charge is 0.0270 e. The average molecular weight is 216 g/mol. The zero-order valence-corrected chi connectivity index (χ0v) is 9.89. The molecule has 0 aromatic carbocycles. The zero-order valence-electron chi connectivity index (χ0n) is 9.89. The highest BCUT2D eigenvalue weighted by Crippen LogP contribution is 2.59. The molecule has 2 nitrogen and oxygen atoms in total. The number of hydrogen-bond donors (Lipinski definition) is 1. The lowest BCUT2D eigenvalue weighted by Gasteiger charge is -2.18. The Morgan fingerprint density at radius 2 is 2.00 bits per heavy atom. The number of rotatable bonds is 4. The molecule has 0 radical (unpaired) electrons. The third-order valence-corrected chi connectivity index (χ3v) is 4.51. The Hall–Kier alpha value is -0.890.